The quantitative estimate of drug-likeness (QED) is 0.378. The highest BCUT2D eigenvalue weighted by Crippen LogP contribution is 2.56. The number of carbonyl (C=O) groups excluding carboxylic acids is 2. The van der Waals surface area contributed by atoms with E-state index in [9.17, 15) is 23.1 Å². The standard InChI is InChI=1S/C39H52ClN3O7S/c1-26-8-6-16-39(46,22-35(44)42(4)18-19-49-5)34-14-17-37(34,3)23-43-24-38(15-7-9-28-20-30(40)11-12-31(28)38)25-50-33-13-10-29(21-32(33)43)36(45)41-51(47,48)27(26)2/h10-13,20-21,27,34,46H,1,6-9,14-19,22-25H2,2-5H3,(H,41,45)/t27-,34-,37?,38+,39-/m1/s1. The number of hydrogen-bond acceptors (Lipinski definition) is 8. The van der Waals surface area contributed by atoms with E-state index in [-0.39, 0.29) is 34.6 Å². The summed E-state index contributed by atoms with van der Waals surface area (Å²) in [6.07, 6.45) is 5.40. The van der Waals surface area contributed by atoms with E-state index in [1.54, 1.807) is 37.3 Å². The number of fused-ring (bicyclic) bond motifs is 4. The minimum Gasteiger partial charge on any atom is -0.490 e. The number of nitrogens with zero attached hydrogens (tertiary/aromatic N) is 2. The van der Waals surface area contributed by atoms with E-state index in [1.165, 1.54) is 18.1 Å². The van der Waals surface area contributed by atoms with Gasteiger partial charge in [0.05, 0.1) is 36.2 Å². The predicted octanol–water partition coefficient (Wildman–Crippen LogP) is 5.64. The molecule has 2 aliphatic heterocycles. The summed E-state index contributed by atoms with van der Waals surface area (Å²) in [5.41, 5.74) is 1.66. The minimum atomic E-state index is -4.11. The highest BCUT2D eigenvalue weighted by Gasteiger charge is 2.55. The van der Waals surface area contributed by atoms with Crippen molar-refractivity contribution in [1.29, 1.82) is 0 Å². The van der Waals surface area contributed by atoms with Gasteiger partial charge in [-0.2, -0.15) is 0 Å². The molecule has 6 rings (SSSR count). The maximum Gasteiger partial charge on any atom is 0.264 e. The van der Waals surface area contributed by atoms with Crippen molar-refractivity contribution in [2.24, 2.45) is 11.3 Å². The van der Waals surface area contributed by atoms with E-state index in [2.05, 4.69) is 29.2 Å². The van der Waals surface area contributed by atoms with Gasteiger partial charge in [0.15, 0.2) is 0 Å². The summed E-state index contributed by atoms with van der Waals surface area (Å²) in [5.74, 6) is -0.468. The Balaban J connectivity index is 1.44. The third-order valence-electron chi connectivity index (χ3n) is 12.2. The summed E-state index contributed by atoms with van der Waals surface area (Å²) in [7, 11) is -0.797. The summed E-state index contributed by atoms with van der Waals surface area (Å²) in [4.78, 5) is 31.1. The molecule has 5 atom stereocenters. The molecule has 2 heterocycles. The van der Waals surface area contributed by atoms with Crippen LogP contribution < -0.4 is 14.4 Å². The molecule has 1 spiro atoms. The molecule has 4 aliphatic rings. The van der Waals surface area contributed by atoms with Gasteiger partial charge in [-0.3, -0.25) is 9.59 Å². The van der Waals surface area contributed by atoms with Crippen molar-refractivity contribution in [1.82, 2.24) is 9.62 Å². The number of carbonyl (C=O) groups is 2. The van der Waals surface area contributed by atoms with Gasteiger partial charge in [0.25, 0.3) is 5.91 Å². The van der Waals surface area contributed by atoms with Crippen molar-refractivity contribution in [3.8, 4) is 5.75 Å². The highest BCUT2D eigenvalue weighted by atomic mass is 35.5. The van der Waals surface area contributed by atoms with E-state index >= 15 is 0 Å². The Hall–Kier alpha value is -3.12. The highest BCUT2D eigenvalue weighted by molar-refractivity contribution is 7.90. The number of benzene rings is 2. The van der Waals surface area contributed by atoms with Gasteiger partial charge in [-0.1, -0.05) is 36.7 Å². The van der Waals surface area contributed by atoms with Gasteiger partial charge in [-0.05, 0) is 111 Å². The molecule has 2 aromatic rings. The number of likely N-dealkylation sites (N-methyl/N-ethyl adjacent to an activating group) is 1. The van der Waals surface area contributed by atoms with Crippen LogP contribution in [0.15, 0.2) is 48.6 Å². The number of rotatable bonds is 5. The molecule has 2 N–H and O–H groups in total. The molecular weight excluding hydrogens is 690 g/mol. The second-order valence-corrected chi connectivity index (χ2v) is 18.2. The molecule has 51 heavy (non-hydrogen) atoms. The molecule has 2 bridgehead atoms. The van der Waals surface area contributed by atoms with Crippen LogP contribution in [0.4, 0.5) is 5.69 Å². The largest absolute Gasteiger partial charge is 0.490 e. The van der Waals surface area contributed by atoms with Crippen LogP contribution in [-0.2, 0) is 31.4 Å². The molecular formula is C39H52ClN3O7S. The van der Waals surface area contributed by atoms with Crippen molar-refractivity contribution in [3.63, 3.8) is 0 Å². The first kappa shape index (κ1) is 37.6. The second kappa shape index (κ2) is 14.4. The summed E-state index contributed by atoms with van der Waals surface area (Å²) < 4.78 is 41.0. The van der Waals surface area contributed by atoms with E-state index < -0.39 is 26.8 Å². The first-order valence-electron chi connectivity index (χ1n) is 18.1. The van der Waals surface area contributed by atoms with Crippen molar-refractivity contribution in [2.75, 3.05) is 51.9 Å². The normalized spacial score (nSPS) is 30.6. The number of sulfonamides is 1. The molecule has 278 valence electrons. The average Bonchev–Trinajstić information content (AvgIpc) is 3.21. The third kappa shape index (κ3) is 7.41. The smallest absolute Gasteiger partial charge is 0.264 e. The van der Waals surface area contributed by atoms with Crippen molar-refractivity contribution >= 4 is 39.1 Å². The van der Waals surface area contributed by atoms with E-state index in [1.807, 2.05) is 12.1 Å². The SMILES string of the molecule is C=C1CCC[C@@](O)(CC(=O)N(C)CCOC)[C@@H]2CCC2(C)CN2C[C@@]3(CCCc4cc(Cl)ccc43)COc3ccc(cc32)C(=O)NS(=O)(=O)[C@@H]1C. The molecule has 0 radical (unpaired) electrons. The van der Waals surface area contributed by atoms with E-state index in [4.69, 9.17) is 21.1 Å². The maximum atomic E-state index is 13.6. The number of nitrogens with one attached hydrogen (secondary N) is 1. The fourth-order valence-electron chi connectivity index (χ4n) is 9.01. The molecule has 1 fully saturated rings. The van der Waals surface area contributed by atoms with Crippen molar-refractivity contribution in [2.45, 2.75) is 87.9 Å². The molecule has 2 aromatic carbocycles. The number of halogens is 1. The molecule has 12 heteroatoms. The predicted molar refractivity (Wildman–Crippen MR) is 199 cm³/mol. The fourth-order valence-corrected chi connectivity index (χ4v) is 10.3. The Bertz CT molecular complexity index is 1800. The van der Waals surface area contributed by atoms with Crippen LogP contribution in [0, 0.1) is 11.3 Å². The van der Waals surface area contributed by atoms with E-state index in [0.717, 1.165) is 32.1 Å². The lowest BCUT2D eigenvalue weighted by Gasteiger charge is -2.57. The summed E-state index contributed by atoms with van der Waals surface area (Å²) in [6, 6.07) is 11.2. The summed E-state index contributed by atoms with van der Waals surface area (Å²) >= 11 is 6.46. The van der Waals surface area contributed by atoms with Crippen LogP contribution in [0.1, 0.15) is 86.7 Å². The Morgan fingerprint density at radius 2 is 1.92 bits per heavy atom. The zero-order valence-electron chi connectivity index (χ0n) is 30.3. The van der Waals surface area contributed by atoms with Gasteiger partial charge in [-0.25, -0.2) is 13.1 Å². The first-order chi connectivity index (χ1) is 24.1. The van der Waals surface area contributed by atoms with Gasteiger partial charge >= 0.3 is 0 Å². The Morgan fingerprint density at radius 1 is 1.16 bits per heavy atom. The van der Waals surface area contributed by atoms with Gasteiger partial charge in [0.2, 0.25) is 15.9 Å². The molecule has 2 aliphatic carbocycles. The third-order valence-corrected chi connectivity index (χ3v) is 14.2. The molecule has 10 nitrogen and oxygen atoms in total. The van der Waals surface area contributed by atoms with Crippen molar-refractivity contribution < 1.29 is 32.6 Å². The molecule has 1 unspecified atom stereocenters. The fraction of sp³-hybridized carbons (Fsp3) is 0.590. The maximum absolute atomic E-state index is 13.6. The van der Waals surface area contributed by atoms with Crippen LogP contribution in [0.3, 0.4) is 0 Å². The number of amides is 2. The number of aryl methyl sites for hydroxylation is 1. The lowest BCUT2D eigenvalue weighted by molar-refractivity contribution is -0.155. The second-order valence-electron chi connectivity index (χ2n) is 15.7. The van der Waals surface area contributed by atoms with Gasteiger partial charge in [0, 0.05) is 49.8 Å². The number of methoxy groups -OCH3 is 1. The van der Waals surface area contributed by atoms with Gasteiger partial charge < -0.3 is 24.4 Å². The number of anilines is 1. The zero-order valence-corrected chi connectivity index (χ0v) is 31.9. The number of ether oxygens (including phenoxy) is 2. The monoisotopic (exact) mass is 741 g/mol. The number of aliphatic hydroxyl groups is 1. The first-order valence-corrected chi connectivity index (χ1v) is 20.0. The summed E-state index contributed by atoms with van der Waals surface area (Å²) in [6.45, 7) is 10.1. The van der Waals surface area contributed by atoms with Crippen LogP contribution in [0.2, 0.25) is 5.02 Å². The Labute approximate surface area is 307 Å². The average molecular weight is 742 g/mol. The lowest BCUT2D eigenvalue weighted by atomic mass is 9.53. The molecule has 1 saturated carbocycles. The Kier molecular flexibility index (Phi) is 10.6. The summed E-state index contributed by atoms with van der Waals surface area (Å²) in [5, 5.41) is 12.3. The van der Waals surface area contributed by atoms with E-state index in [0.29, 0.717) is 74.1 Å². The molecule has 0 saturated heterocycles. The van der Waals surface area contributed by atoms with Gasteiger partial charge in [0.1, 0.15) is 5.75 Å². The molecule has 0 aromatic heterocycles. The van der Waals surface area contributed by atoms with Crippen molar-refractivity contribution in [3.05, 3.63) is 70.3 Å². The zero-order chi connectivity index (χ0) is 36.8. The van der Waals surface area contributed by atoms with Crippen LogP contribution in [0.5, 0.6) is 5.75 Å². The Morgan fingerprint density at radius 3 is 2.65 bits per heavy atom. The lowest BCUT2D eigenvalue weighted by Crippen LogP contribution is -2.59. The van der Waals surface area contributed by atoms with Crippen LogP contribution in [-0.4, -0.2) is 88.1 Å². The van der Waals surface area contributed by atoms with Crippen LogP contribution in [0.25, 0.3) is 0 Å². The van der Waals surface area contributed by atoms with Crippen LogP contribution >= 0.6 is 11.6 Å². The number of hydrogen-bond donors (Lipinski definition) is 2. The minimum absolute atomic E-state index is 0.0498. The van der Waals surface area contributed by atoms with Gasteiger partial charge in [-0.15, -0.1) is 0 Å². The molecule has 2 amide bonds. The topological polar surface area (TPSA) is 125 Å².